The molecule has 0 aliphatic heterocycles. The lowest BCUT2D eigenvalue weighted by molar-refractivity contribution is -0.121. The average molecular weight is 228 g/mol. The molecule has 1 aromatic rings. The third-order valence-corrected chi connectivity index (χ3v) is 3.39. The second-order valence-electron chi connectivity index (χ2n) is 4.50. The zero-order chi connectivity index (χ0) is 12.3. The summed E-state index contributed by atoms with van der Waals surface area (Å²) in [5.41, 5.74) is 1.65. The van der Waals surface area contributed by atoms with E-state index < -0.39 is 0 Å². The molecule has 0 bridgehead atoms. The highest BCUT2D eigenvalue weighted by molar-refractivity contribution is 5.87. The van der Waals surface area contributed by atoms with Crippen molar-refractivity contribution in [2.45, 2.75) is 31.7 Å². The number of carbonyl (C=O) groups is 1. The number of Topliss-reactive ketones (excluding diaryl/α,β-unsaturated/α-hetero) is 1. The van der Waals surface area contributed by atoms with Gasteiger partial charge in [-0.15, -0.1) is 0 Å². The quantitative estimate of drug-likeness (QED) is 0.781. The van der Waals surface area contributed by atoms with Crippen LogP contribution in [0.4, 0.5) is 5.69 Å². The van der Waals surface area contributed by atoms with Crippen LogP contribution in [-0.4, -0.2) is 18.9 Å². The molecule has 0 heterocycles. The van der Waals surface area contributed by atoms with Crippen LogP contribution < -0.4 is 4.90 Å². The highest BCUT2D eigenvalue weighted by atomic mass is 16.1. The maximum Gasteiger partial charge on any atom is 0.155 e. The zero-order valence-electron chi connectivity index (χ0n) is 10.0. The molecule has 88 valence electrons. The number of hydrogen-bond donors (Lipinski definition) is 0. The van der Waals surface area contributed by atoms with Gasteiger partial charge in [-0.05, 0) is 37.1 Å². The van der Waals surface area contributed by atoms with Crippen molar-refractivity contribution in [1.29, 1.82) is 5.26 Å². The fraction of sp³-hybridized carbons (Fsp3) is 0.429. The summed E-state index contributed by atoms with van der Waals surface area (Å²) >= 11 is 0. The Kier molecular flexibility index (Phi) is 3.43. The van der Waals surface area contributed by atoms with Crippen molar-refractivity contribution < 1.29 is 4.79 Å². The smallest absolute Gasteiger partial charge is 0.155 e. The molecule has 0 N–H and O–H groups in total. The van der Waals surface area contributed by atoms with Crippen LogP contribution in [0.2, 0.25) is 0 Å². The Morgan fingerprint density at radius 1 is 1.29 bits per heavy atom. The number of ketones is 1. The van der Waals surface area contributed by atoms with Crippen LogP contribution in [0.5, 0.6) is 0 Å². The molecule has 0 spiro atoms. The van der Waals surface area contributed by atoms with Crippen molar-refractivity contribution >= 4 is 11.5 Å². The van der Waals surface area contributed by atoms with Gasteiger partial charge in [-0.25, -0.2) is 0 Å². The monoisotopic (exact) mass is 228 g/mol. The van der Waals surface area contributed by atoms with Gasteiger partial charge in [0.1, 0.15) is 0 Å². The molecule has 0 aromatic heterocycles. The summed E-state index contributed by atoms with van der Waals surface area (Å²) in [5.74, 6) is 0.336. The first-order valence-electron chi connectivity index (χ1n) is 5.98. The van der Waals surface area contributed by atoms with E-state index in [-0.39, 0.29) is 6.04 Å². The van der Waals surface area contributed by atoms with E-state index in [0.717, 1.165) is 24.9 Å². The largest absolute Gasteiger partial charge is 0.365 e. The molecular formula is C14H16N2O. The van der Waals surface area contributed by atoms with E-state index in [1.54, 1.807) is 12.1 Å². The number of anilines is 1. The average Bonchev–Trinajstić information content (AvgIpc) is 2.39. The minimum absolute atomic E-state index is 0.0108. The van der Waals surface area contributed by atoms with Gasteiger partial charge in [-0.1, -0.05) is 6.42 Å². The third kappa shape index (κ3) is 2.47. The molecule has 1 fully saturated rings. The van der Waals surface area contributed by atoms with Gasteiger partial charge in [-0.3, -0.25) is 4.79 Å². The summed E-state index contributed by atoms with van der Waals surface area (Å²) in [6.45, 7) is 0. The Hall–Kier alpha value is -1.82. The Labute approximate surface area is 102 Å². The van der Waals surface area contributed by atoms with E-state index in [0.29, 0.717) is 17.8 Å². The number of hydrogen-bond acceptors (Lipinski definition) is 3. The van der Waals surface area contributed by atoms with E-state index in [1.165, 1.54) is 0 Å². The van der Waals surface area contributed by atoms with Crippen LogP contribution in [0, 0.1) is 11.3 Å². The third-order valence-electron chi connectivity index (χ3n) is 3.39. The van der Waals surface area contributed by atoms with Crippen LogP contribution in [0.3, 0.4) is 0 Å². The molecule has 3 heteroatoms. The van der Waals surface area contributed by atoms with Crippen molar-refractivity contribution in [2.75, 3.05) is 11.9 Å². The minimum Gasteiger partial charge on any atom is -0.365 e. The van der Waals surface area contributed by atoms with Crippen LogP contribution in [0.15, 0.2) is 24.3 Å². The Morgan fingerprint density at radius 3 is 2.59 bits per heavy atom. The summed E-state index contributed by atoms with van der Waals surface area (Å²) in [6, 6.07) is 9.49. The SMILES string of the molecule is CN(c1ccc(C#N)cc1)C1CCCCC1=O. The lowest BCUT2D eigenvalue weighted by atomic mass is 9.93. The lowest BCUT2D eigenvalue weighted by Gasteiger charge is -2.31. The highest BCUT2D eigenvalue weighted by Gasteiger charge is 2.25. The summed E-state index contributed by atoms with van der Waals surface area (Å²) in [6.07, 6.45) is 3.79. The van der Waals surface area contributed by atoms with Gasteiger partial charge in [0.05, 0.1) is 17.7 Å². The first-order valence-corrected chi connectivity index (χ1v) is 5.98. The molecule has 0 amide bonds. The lowest BCUT2D eigenvalue weighted by Crippen LogP contribution is -2.40. The highest BCUT2D eigenvalue weighted by Crippen LogP contribution is 2.24. The van der Waals surface area contributed by atoms with Gasteiger partial charge in [0.25, 0.3) is 0 Å². The molecule has 17 heavy (non-hydrogen) atoms. The molecule has 1 aliphatic rings. The van der Waals surface area contributed by atoms with E-state index >= 15 is 0 Å². The molecule has 2 rings (SSSR count). The first kappa shape index (κ1) is 11.7. The van der Waals surface area contributed by atoms with E-state index in [9.17, 15) is 4.79 Å². The standard InChI is InChI=1S/C14H16N2O/c1-16(13-4-2-3-5-14(13)17)12-8-6-11(10-15)7-9-12/h6-9,13H,2-5H2,1H3. The van der Waals surface area contributed by atoms with Crippen LogP contribution >= 0.6 is 0 Å². The molecule has 0 saturated heterocycles. The second-order valence-corrected chi connectivity index (χ2v) is 4.50. The second kappa shape index (κ2) is 5.01. The van der Waals surface area contributed by atoms with Crippen molar-refractivity contribution in [3.63, 3.8) is 0 Å². The summed E-state index contributed by atoms with van der Waals surface area (Å²) in [4.78, 5) is 13.9. The van der Waals surface area contributed by atoms with Crippen LogP contribution in [0.1, 0.15) is 31.2 Å². The number of likely N-dealkylation sites (N-methyl/N-ethyl adjacent to an activating group) is 1. The topological polar surface area (TPSA) is 44.1 Å². The van der Waals surface area contributed by atoms with Gasteiger partial charge in [0, 0.05) is 19.2 Å². The normalized spacial score (nSPS) is 19.8. The Balaban J connectivity index is 2.15. The molecular weight excluding hydrogens is 212 g/mol. The number of benzene rings is 1. The van der Waals surface area contributed by atoms with Crippen LogP contribution in [0.25, 0.3) is 0 Å². The predicted octanol–water partition coefficient (Wildman–Crippen LogP) is 2.51. The fourth-order valence-corrected chi connectivity index (χ4v) is 2.33. The van der Waals surface area contributed by atoms with Gasteiger partial charge < -0.3 is 4.90 Å². The molecule has 1 saturated carbocycles. The molecule has 1 atom stereocenters. The minimum atomic E-state index is 0.0108. The van der Waals surface area contributed by atoms with Crippen molar-refractivity contribution in [3.8, 4) is 6.07 Å². The number of carbonyl (C=O) groups excluding carboxylic acids is 1. The first-order chi connectivity index (χ1) is 8.22. The summed E-state index contributed by atoms with van der Waals surface area (Å²) in [7, 11) is 1.95. The van der Waals surface area contributed by atoms with Gasteiger partial charge in [0.15, 0.2) is 5.78 Å². The van der Waals surface area contributed by atoms with Crippen LogP contribution in [-0.2, 0) is 4.79 Å². The van der Waals surface area contributed by atoms with Crippen molar-refractivity contribution in [3.05, 3.63) is 29.8 Å². The number of nitriles is 1. The van der Waals surface area contributed by atoms with Gasteiger partial charge >= 0.3 is 0 Å². The zero-order valence-corrected chi connectivity index (χ0v) is 10.0. The van der Waals surface area contributed by atoms with Crippen molar-refractivity contribution in [2.24, 2.45) is 0 Å². The van der Waals surface area contributed by atoms with E-state index in [4.69, 9.17) is 5.26 Å². The molecule has 1 aliphatic carbocycles. The Bertz CT molecular complexity index is 444. The maximum absolute atomic E-state index is 11.8. The van der Waals surface area contributed by atoms with Gasteiger partial charge in [0.2, 0.25) is 0 Å². The molecule has 3 nitrogen and oxygen atoms in total. The number of nitrogens with zero attached hydrogens (tertiary/aromatic N) is 2. The molecule has 0 radical (unpaired) electrons. The summed E-state index contributed by atoms with van der Waals surface area (Å²) in [5, 5.41) is 8.74. The van der Waals surface area contributed by atoms with Gasteiger partial charge in [-0.2, -0.15) is 5.26 Å². The summed E-state index contributed by atoms with van der Waals surface area (Å²) < 4.78 is 0. The Morgan fingerprint density at radius 2 is 2.00 bits per heavy atom. The molecule has 1 aromatic carbocycles. The maximum atomic E-state index is 11.8. The predicted molar refractivity (Wildman–Crippen MR) is 66.8 cm³/mol. The van der Waals surface area contributed by atoms with E-state index in [2.05, 4.69) is 6.07 Å². The number of rotatable bonds is 2. The molecule has 1 unspecified atom stereocenters. The van der Waals surface area contributed by atoms with Crippen molar-refractivity contribution in [1.82, 2.24) is 0 Å². The fourth-order valence-electron chi connectivity index (χ4n) is 2.33. The van der Waals surface area contributed by atoms with E-state index in [1.807, 2.05) is 24.1 Å².